The number of aryl methyl sites for hydroxylation is 2. The van der Waals surface area contributed by atoms with Crippen molar-refractivity contribution in [2.75, 3.05) is 18.5 Å². The lowest BCUT2D eigenvalue weighted by atomic mass is 10.0. The molecule has 0 amide bonds. The largest absolute Gasteiger partial charge is 0.354 e. The van der Waals surface area contributed by atoms with E-state index in [2.05, 4.69) is 18.9 Å². The fourth-order valence-electron chi connectivity index (χ4n) is 2.15. The molecule has 1 rings (SSSR count). The fraction of sp³-hybridized carbons (Fsp3) is 0.769. The summed E-state index contributed by atoms with van der Waals surface area (Å²) in [6.07, 6.45) is 0.791. The number of aromatic nitrogens is 2. The molecule has 1 unspecified atom stereocenters. The first kappa shape index (κ1) is 16.4. The Morgan fingerprint density at radius 2 is 2.10 bits per heavy atom. The number of rotatable bonds is 7. The number of nitrogens with two attached hydrogens (primary N) is 1. The van der Waals surface area contributed by atoms with Crippen LogP contribution in [-0.2, 0) is 6.54 Å². The molecule has 7 heteroatoms. The standard InChI is InChI=1S/C13H25N5O2/c1-6-17-13(12(18(19)20)10(4)15-17)16(5)8-7-11(14)9(2)3/h9,11H,6-8,14H2,1-5H3. The van der Waals surface area contributed by atoms with Crippen LogP contribution < -0.4 is 10.6 Å². The van der Waals surface area contributed by atoms with Gasteiger partial charge in [0.05, 0.1) is 4.92 Å². The van der Waals surface area contributed by atoms with E-state index in [0.29, 0.717) is 30.5 Å². The van der Waals surface area contributed by atoms with E-state index < -0.39 is 0 Å². The molecule has 1 heterocycles. The van der Waals surface area contributed by atoms with Crippen LogP contribution in [0.15, 0.2) is 0 Å². The summed E-state index contributed by atoms with van der Waals surface area (Å²) in [5.74, 6) is 0.960. The fourth-order valence-corrected chi connectivity index (χ4v) is 2.15. The van der Waals surface area contributed by atoms with Gasteiger partial charge in [-0.3, -0.25) is 10.1 Å². The third-order valence-corrected chi connectivity index (χ3v) is 3.57. The highest BCUT2D eigenvalue weighted by molar-refractivity contribution is 5.60. The summed E-state index contributed by atoms with van der Waals surface area (Å²) in [6.45, 7) is 9.02. The van der Waals surface area contributed by atoms with Gasteiger partial charge in [0.1, 0.15) is 5.69 Å². The zero-order valence-electron chi connectivity index (χ0n) is 13.0. The maximum atomic E-state index is 11.2. The highest BCUT2D eigenvalue weighted by atomic mass is 16.6. The van der Waals surface area contributed by atoms with Crippen LogP contribution in [0, 0.1) is 23.0 Å². The number of nitro groups is 1. The third-order valence-electron chi connectivity index (χ3n) is 3.57. The van der Waals surface area contributed by atoms with Crippen LogP contribution in [0.2, 0.25) is 0 Å². The van der Waals surface area contributed by atoms with Crippen LogP contribution in [0.25, 0.3) is 0 Å². The molecule has 0 saturated heterocycles. The molecule has 0 aliphatic heterocycles. The van der Waals surface area contributed by atoms with Crippen LogP contribution >= 0.6 is 0 Å². The molecule has 0 aliphatic carbocycles. The van der Waals surface area contributed by atoms with Crippen molar-refractivity contribution in [1.29, 1.82) is 0 Å². The molecule has 7 nitrogen and oxygen atoms in total. The van der Waals surface area contributed by atoms with Gasteiger partial charge >= 0.3 is 5.69 Å². The molecule has 0 spiro atoms. The van der Waals surface area contributed by atoms with Crippen LogP contribution in [0.4, 0.5) is 11.5 Å². The molecule has 0 aromatic carbocycles. The van der Waals surface area contributed by atoms with Gasteiger partial charge in [-0.05, 0) is 26.2 Å². The van der Waals surface area contributed by atoms with Crippen molar-refractivity contribution < 1.29 is 4.92 Å². The van der Waals surface area contributed by atoms with E-state index in [0.717, 1.165) is 6.42 Å². The molecule has 2 N–H and O–H groups in total. The van der Waals surface area contributed by atoms with Gasteiger partial charge in [0, 0.05) is 26.2 Å². The Hall–Kier alpha value is -1.63. The minimum Gasteiger partial charge on any atom is -0.354 e. The first-order chi connectivity index (χ1) is 9.29. The van der Waals surface area contributed by atoms with E-state index in [-0.39, 0.29) is 16.7 Å². The van der Waals surface area contributed by atoms with Gasteiger partial charge in [-0.25, -0.2) is 4.68 Å². The molecular weight excluding hydrogens is 258 g/mol. The van der Waals surface area contributed by atoms with E-state index in [1.54, 1.807) is 11.6 Å². The number of hydrogen-bond donors (Lipinski definition) is 1. The maximum absolute atomic E-state index is 11.2. The summed E-state index contributed by atoms with van der Waals surface area (Å²) in [5, 5.41) is 15.5. The van der Waals surface area contributed by atoms with Gasteiger partial charge in [0.25, 0.3) is 0 Å². The molecule has 1 aromatic rings. The van der Waals surface area contributed by atoms with E-state index in [1.165, 1.54) is 0 Å². The Kier molecular flexibility index (Phi) is 5.50. The molecule has 0 radical (unpaired) electrons. The highest BCUT2D eigenvalue weighted by Crippen LogP contribution is 2.31. The molecule has 0 saturated carbocycles. The van der Waals surface area contributed by atoms with E-state index >= 15 is 0 Å². The Bertz CT molecular complexity index is 470. The summed E-state index contributed by atoms with van der Waals surface area (Å²) in [6, 6.07) is 0.0931. The summed E-state index contributed by atoms with van der Waals surface area (Å²) < 4.78 is 1.67. The smallest absolute Gasteiger partial charge is 0.333 e. The van der Waals surface area contributed by atoms with Crippen LogP contribution in [0.1, 0.15) is 32.9 Å². The number of hydrogen-bond acceptors (Lipinski definition) is 5. The lowest BCUT2D eigenvalue weighted by Crippen LogP contribution is -2.32. The average Bonchev–Trinajstić information content (AvgIpc) is 2.72. The Morgan fingerprint density at radius 1 is 1.50 bits per heavy atom. The zero-order valence-corrected chi connectivity index (χ0v) is 13.0. The Morgan fingerprint density at radius 3 is 2.55 bits per heavy atom. The Labute approximate surface area is 119 Å². The molecule has 1 aromatic heterocycles. The average molecular weight is 283 g/mol. The van der Waals surface area contributed by atoms with E-state index in [4.69, 9.17) is 5.73 Å². The molecule has 20 heavy (non-hydrogen) atoms. The van der Waals surface area contributed by atoms with E-state index in [1.807, 2.05) is 18.9 Å². The van der Waals surface area contributed by atoms with Gasteiger partial charge in [-0.1, -0.05) is 13.8 Å². The van der Waals surface area contributed by atoms with Gasteiger partial charge in [-0.15, -0.1) is 0 Å². The van der Waals surface area contributed by atoms with Gasteiger partial charge in [-0.2, -0.15) is 5.10 Å². The van der Waals surface area contributed by atoms with Crippen molar-refractivity contribution in [3.05, 3.63) is 15.8 Å². The van der Waals surface area contributed by atoms with Crippen LogP contribution in [-0.4, -0.2) is 34.3 Å². The van der Waals surface area contributed by atoms with Crippen molar-refractivity contribution in [2.45, 2.75) is 46.7 Å². The normalized spacial score (nSPS) is 12.8. The van der Waals surface area contributed by atoms with Gasteiger partial charge in [0.15, 0.2) is 0 Å². The van der Waals surface area contributed by atoms with Gasteiger partial charge in [0.2, 0.25) is 5.82 Å². The molecule has 0 bridgehead atoms. The van der Waals surface area contributed by atoms with Crippen molar-refractivity contribution >= 4 is 11.5 Å². The first-order valence-electron chi connectivity index (χ1n) is 6.98. The topological polar surface area (TPSA) is 90.2 Å². The SMILES string of the molecule is CCn1nc(C)c([N+](=O)[O-])c1N(C)CCC(N)C(C)C. The predicted octanol–water partition coefficient (Wildman–Crippen LogP) is 1.93. The second-order valence-electron chi connectivity index (χ2n) is 5.45. The van der Waals surface area contributed by atoms with Crippen LogP contribution in [0.5, 0.6) is 0 Å². The second-order valence-corrected chi connectivity index (χ2v) is 5.45. The molecule has 0 aliphatic rings. The molecular formula is C13H25N5O2. The zero-order chi connectivity index (χ0) is 15.4. The highest BCUT2D eigenvalue weighted by Gasteiger charge is 2.27. The third kappa shape index (κ3) is 3.47. The minimum absolute atomic E-state index is 0.0902. The quantitative estimate of drug-likeness (QED) is 0.610. The summed E-state index contributed by atoms with van der Waals surface area (Å²) >= 11 is 0. The lowest BCUT2D eigenvalue weighted by Gasteiger charge is -2.22. The summed E-state index contributed by atoms with van der Waals surface area (Å²) in [7, 11) is 1.85. The first-order valence-corrected chi connectivity index (χ1v) is 6.98. The molecule has 1 atom stereocenters. The number of nitrogens with zero attached hydrogens (tertiary/aromatic N) is 4. The molecule has 0 fully saturated rings. The van der Waals surface area contributed by atoms with E-state index in [9.17, 15) is 10.1 Å². The predicted molar refractivity (Wildman–Crippen MR) is 80.0 cm³/mol. The van der Waals surface area contributed by atoms with Crippen molar-refractivity contribution in [3.63, 3.8) is 0 Å². The number of anilines is 1. The van der Waals surface area contributed by atoms with Crippen LogP contribution in [0.3, 0.4) is 0 Å². The van der Waals surface area contributed by atoms with Crippen molar-refractivity contribution in [1.82, 2.24) is 9.78 Å². The Balaban J connectivity index is 2.96. The molecule has 114 valence electrons. The summed E-state index contributed by atoms with van der Waals surface area (Å²) in [5.41, 5.74) is 6.57. The van der Waals surface area contributed by atoms with Crippen molar-refractivity contribution in [3.8, 4) is 0 Å². The summed E-state index contributed by atoms with van der Waals surface area (Å²) in [4.78, 5) is 12.7. The van der Waals surface area contributed by atoms with Gasteiger partial charge < -0.3 is 10.6 Å². The second kappa shape index (κ2) is 6.69. The lowest BCUT2D eigenvalue weighted by molar-refractivity contribution is -0.384. The maximum Gasteiger partial charge on any atom is 0.333 e. The monoisotopic (exact) mass is 283 g/mol. The minimum atomic E-state index is -0.358. The van der Waals surface area contributed by atoms with Crippen molar-refractivity contribution in [2.24, 2.45) is 11.7 Å².